The SMILES string of the molecule is CC(C)COCC(c1ccccc1)c1ccc(OC(=O)Oc2ccc(C(COCC(C)C)c3ccccc3)cc2)cc1. The number of hydrogen-bond acceptors (Lipinski definition) is 5. The number of carbonyl (C=O) groups excluding carboxylic acids is 1. The third kappa shape index (κ3) is 9.57. The van der Waals surface area contributed by atoms with Crippen molar-refractivity contribution in [2.75, 3.05) is 26.4 Å². The van der Waals surface area contributed by atoms with Gasteiger partial charge in [-0.3, -0.25) is 0 Å². The fourth-order valence-corrected chi connectivity index (χ4v) is 4.73. The molecule has 0 N–H and O–H groups in total. The van der Waals surface area contributed by atoms with Crippen LogP contribution in [0, 0.1) is 11.8 Å². The van der Waals surface area contributed by atoms with Crippen LogP contribution in [0.3, 0.4) is 0 Å². The highest BCUT2D eigenvalue weighted by Crippen LogP contribution is 2.29. The normalized spacial score (nSPS) is 12.7. The molecule has 4 aromatic carbocycles. The third-order valence-electron chi connectivity index (χ3n) is 6.84. The molecule has 0 aliphatic rings. The fourth-order valence-electron chi connectivity index (χ4n) is 4.73. The highest BCUT2D eigenvalue weighted by Gasteiger charge is 2.18. The van der Waals surface area contributed by atoms with E-state index in [9.17, 15) is 4.79 Å². The van der Waals surface area contributed by atoms with Crippen LogP contribution >= 0.6 is 0 Å². The lowest BCUT2D eigenvalue weighted by Gasteiger charge is -2.19. The summed E-state index contributed by atoms with van der Waals surface area (Å²) >= 11 is 0. The molecule has 0 bridgehead atoms. The first-order valence-corrected chi connectivity index (χ1v) is 14.7. The minimum Gasteiger partial charge on any atom is -0.395 e. The Labute approximate surface area is 250 Å². The summed E-state index contributed by atoms with van der Waals surface area (Å²) in [6, 6.07) is 35.6. The number of ether oxygens (including phenoxy) is 4. The summed E-state index contributed by atoms with van der Waals surface area (Å²) in [4.78, 5) is 12.6. The van der Waals surface area contributed by atoms with Crippen molar-refractivity contribution in [3.63, 3.8) is 0 Å². The maximum atomic E-state index is 12.6. The van der Waals surface area contributed by atoms with Gasteiger partial charge in [-0.15, -0.1) is 0 Å². The molecule has 5 heteroatoms. The Balaban J connectivity index is 1.37. The molecule has 0 aromatic heterocycles. The first-order chi connectivity index (χ1) is 20.4. The Bertz CT molecular complexity index is 1230. The van der Waals surface area contributed by atoms with Gasteiger partial charge >= 0.3 is 6.16 Å². The van der Waals surface area contributed by atoms with E-state index in [0.717, 1.165) is 11.1 Å². The first-order valence-electron chi connectivity index (χ1n) is 14.7. The molecule has 220 valence electrons. The van der Waals surface area contributed by atoms with Gasteiger partial charge in [-0.25, -0.2) is 4.79 Å². The summed E-state index contributed by atoms with van der Waals surface area (Å²) < 4.78 is 22.9. The molecule has 2 unspecified atom stereocenters. The summed E-state index contributed by atoms with van der Waals surface area (Å²) in [7, 11) is 0. The lowest BCUT2D eigenvalue weighted by Crippen LogP contribution is -2.15. The predicted octanol–water partition coefficient (Wildman–Crippen LogP) is 8.87. The van der Waals surface area contributed by atoms with Crippen LogP contribution < -0.4 is 9.47 Å². The van der Waals surface area contributed by atoms with Gasteiger partial charge in [-0.2, -0.15) is 0 Å². The molecule has 0 heterocycles. The lowest BCUT2D eigenvalue weighted by molar-refractivity contribution is 0.104. The van der Waals surface area contributed by atoms with Crippen LogP contribution in [-0.2, 0) is 9.47 Å². The predicted molar refractivity (Wildman–Crippen MR) is 167 cm³/mol. The summed E-state index contributed by atoms with van der Waals surface area (Å²) in [5.74, 6) is 1.94. The van der Waals surface area contributed by atoms with Gasteiger partial charge in [0.2, 0.25) is 0 Å². The zero-order valence-corrected chi connectivity index (χ0v) is 25.1. The van der Waals surface area contributed by atoms with Crippen LogP contribution in [-0.4, -0.2) is 32.6 Å². The summed E-state index contributed by atoms with van der Waals surface area (Å²) in [5, 5.41) is 0. The second kappa shape index (κ2) is 15.9. The summed E-state index contributed by atoms with van der Waals surface area (Å²) in [5.41, 5.74) is 4.54. The molecule has 4 rings (SSSR count). The lowest BCUT2D eigenvalue weighted by atomic mass is 9.92. The second-order valence-electron chi connectivity index (χ2n) is 11.4. The van der Waals surface area contributed by atoms with E-state index in [2.05, 4.69) is 52.0 Å². The zero-order valence-electron chi connectivity index (χ0n) is 25.1. The van der Waals surface area contributed by atoms with Crippen molar-refractivity contribution in [2.24, 2.45) is 11.8 Å². The molecule has 0 saturated carbocycles. The van der Waals surface area contributed by atoms with E-state index in [1.807, 2.05) is 60.7 Å². The molecule has 0 radical (unpaired) electrons. The molecule has 0 spiro atoms. The van der Waals surface area contributed by atoms with Gasteiger partial charge in [0.25, 0.3) is 0 Å². The molecule has 4 aromatic rings. The Morgan fingerprint density at radius 2 is 0.810 bits per heavy atom. The van der Waals surface area contributed by atoms with Crippen molar-refractivity contribution in [3.05, 3.63) is 131 Å². The van der Waals surface area contributed by atoms with E-state index in [0.29, 0.717) is 49.8 Å². The molecule has 42 heavy (non-hydrogen) atoms. The van der Waals surface area contributed by atoms with Gasteiger partial charge in [-0.05, 0) is 58.4 Å². The Hall–Kier alpha value is -3.93. The number of rotatable bonds is 14. The molecular weight excluding hydrogens is 524 g/mol. The number of hydrogen-bond donors (Lipinski definition) is 0. The van der Waals surface area contributed by atoms with E-state index in [1.54, 1.807) is 24.3 Å². The van der Waals surface area contributed by atoms with Crippen LogP contribution in [0.2, 0.25) is 0 Å². The van der Waals surface area contributed by atoms with E-state index in [4.69, 9.17) is 18.9 Å². The van der Waals surface area contributed by atoms with E-state index >= 15 is 0 Å². The minimum atomic E-state index is -0.782. The average molecular weight is 567 g/mol. The second-order valence-corrected chi connectivity index (χ2v) is 11.4. The van der Waals surface area contributed by atoms with Crippen LogP contribution in [0.5, 0.6) is 11.5 Å². The molecule has 0 aliphatic carbocycles. The summed E-state index contributed by atoms with van der Waals surface area (Å²) in [6.45, 7) is 11.1. The molecule has 5 nitrogen and oxygen atoms in total. The van der Waals surface area contributed by atoms with Crippen molar-refractivity contribution in [1.82, 2.24) is 0 Å². The topological polar surface area (TPSA) is 54.0 Å². The van der Waals surface area contributed by atoms with Crippen LogP contribution in [0.15, 0.2) is 109 Å². The Morgan fingerprint density at radius 3 is 1.14 bits per heavy atom. The molecule has 0 amide bonds. The van der Waals surface area contributed by atoms with E-state index < -0.39 is 6.16 Å². The smallest absolute Gasteiger partial charge is 0.395 e. The standard InChI is InChI=1S/C37H42O5/c1-27(2)23-39-25-35(29-11-7-5-8-12-29)31-15-19-33(20-16-31)41-37(38)42-34-21-17-32(18-22-34)36(26-40-24-28(3)4)30-13-9-6-10-14-30/h5-22,27-28,35-36H,23-26H2,1-4H3. The minimum absolute atomic E-state index is 0.0833. The van der Waals surface area contributed by atoms with Gasteiger partial charge in [0.05, 0.1) is 13.2 Å². The number of benzene rings is 4. The van der Waals surface area contributed by atoms with Crippen LogP contribution in [0.25, 0.3) is 0 Å². The van der Waals surface area contributed by atoms with Gasteiger partial charge < -0.3 is 18.9 Å². The third-order valence-corrected chi connectivity index (χ3v) is 6.84. The van der Waals surface area contributed by atoms with Crippen LogP contribution in [0.1, 0.15) is 61.8 Å². The molecule has 0 aliphatic heterocycles. The van der Waals surface area contributed by atoms with Gasteiger partial charge in [-0.1, -0.05) is 113 Å². The largest absolute Gasteiger partial charge is 0.519 e. The maximum Gasteiger partial charge on any atom is 0.519 e. The Kier molecular flexibility index (Phi) is 11.7. The quantitative estimate of drug-likeness (QED) is 0.113. The van der Waals surface area contributed by atoms with E-state index in [-0.39, 0.29) is 11.8 Å². The molecular formula is C37H42O5. The molecule has 0 fully saturated rings. The van der Waals surface area contributed by atoms with E-state index in [1.165, 1.54) is 11.1 Å². The van der Waals surface area contributed by atoms with Gasteiger partial charge in [0.1, 0.15) is 11.5 Å². The van der Waals surface area contributed by atoms with Crippen molar-refractivity contribution in [1.29, 1.82) is 0 Å². The highest BCUT2D eigenvalue weighted by molar-refractivity contribution is 5.67. The van der Waals surface area contributed by atoms with Gasteiger partial charge in [0.15, 0.2) is 0 Å². The van der Waals surface area contributed by atoms with Crippen molar-refractivity contribution < 1.29 is 23.7 Å². The highest BCUT2D eigenvalue weighted by atomic mass is 16.7. The molecule has 0 saturated heterocycles. The maximum absolute atomic E-state index is 12.6. The monoisotopic (exact) mass is 566 g/mol. The summed E-state index contributed by atoms with van der Waals surface area (Å²) in [6.07, 6.45) is -0.782. The van der Waals surface area contributed by atoms with Crippen LogP contribution in [0.4, 0.5) is 4.79 Å². The van der Waals surface area contributed by atoms with Crippen molar-refractivity contribution in [3.8, 4) is 11.5 Å². The number of carbonyl (C=O) groups is 1. The van der Waals surface area contributed by atoms with Crippen molar-refractivity contribution >= 4 is 6.16 Å². The first kappa shape index (κ1) is 31.0. The van der Waals surface area contributed by atoms with Crippen molar-refractivity contribution in [2.45, 2.75) is 39.5 Å². The molecule has 2 atom stereocenters. The average Bonchev–Trinajstić information content (AvgIpc) is 2.99. The van der Waals surface area contributed by atoms with Gasteiger partial charge in [0, 0.05) is 25.0 Å². The zero-order chi connectivity index (χ0) is 29.7. The fraction of sp³-hybridized carbons (Fsp3) is 0.324. The Morgan fingerprint density at radius 1 is 0.476 bits per heavy atom.